The van der Waals surface area contributed by atoms with Crippen molar-refractivity contribution in [3.63, 3.8) is 0 Å². The van der Waals surface area contributed by atoms with Crippen LogP contribution in [0.4, 0.5) is 0 Å². The number of carbonyl (C=O) groups excluding carboxylic acids is 1. The number of carboxylic acids is 1. The van der Waals surface area contributed by atoms with Crippen molar-refractivity contribution in [2.45, 2.75) is 19.8 Å². The molecule has 0 unspecified atom stereocenters. The fourth-order valence-electron chi connectivity index (χ4n) is 1.97. The van der Waals surface area contributed by atoms with E-state index in [1.165, 1.54) is 0 Å². The predicted octanol–water partition coefficient (Wildman–Crippen LogP) is 1.36. The quantitative estimate of drug-likeness (QED) is 0.828. The zero-order valence-electron chi connectivity index (χ0n) is 11.0. The molecule has 0 spiro atoms. The van der Waals surface area contributed by atoms with Crippen LogP contribution in [0, 0.1) is 0 Å². The molecule has 2 rings (SSSR count). The lowest BCUT2D eigenvalue weighted by Crippen LogP contribution is -2.12. The first-order valence-electron chi connectivity index (χ1n) is 6.22. The van der Waals surface area contributed by atoms with Gasteiger partial charge in [-0.3, -0.25) is 9.59 Å². The molecule has 1 heterocycles. The molecule has 2 aromatic rings. The number of rotatable bonds is 5. The number of ether oxygens (including phenoxy) is 1. The third-order valence-corrected chi connectivity index (χ3v) is 2.78. The Balaban J connectivity index is 2.43. The summed E-state index contributed by atoms with van der Waals surface area (Å²) in [5, 5.41) is 18.2. The second-order valence-corrected chi connectivity index (χ2v) is 4.19. The van der Waals surface area contributed by atoms with Gasteiger partial charge in [0.1, 0.15) is 0 Å². The van der Waals surface area contributed by atoms with Gasteiger partial charge in [-0.05, 0) is 6.92 Å². The van der Waals surface area contributed by atoms with Crippen LogP contribution in [0.25, 0.3) is 10.8 Å². The van der Waals surface area contributed by atoms with Gasteiger partial charge in [-0.15, -0.1) is 0 Å². The fourth-order valence-corrected chi connectivity index (χ4v) is 1.97. The van der Waals surface area contributed by atoms with Gasteiger partial charge in [0.25, 0.3) is 0 Å². The van der Waals surface area contributed by atoms with Crippen molar-refractivity contribution in [1.82, 2.24) is 10.2 Å². The summed E-state index contributed by atoms with van der Waals surface area (Å²) in [4.78, 5) is 22.4. The highest BCUT2D eigenvalue weighted by Gasteiger charge is 2.14. The Morgan fingerprint density at radius 2 is 1.65 bits per heavy atom. The Hall–Kier alpha value is -2.50. The Labute approximate surface area is 115 Å². The van der Waals surface area contributed by atoms with Gasteiger partial charge in [0.2, 0.25) is 0 Å². The SMILES string of the molecule is CCOC(=O)Cc1nnc(CC(=O)O)c2ccccc12. The highest BCUT2D eigenvalue weighted by molar-refractivity contribution is 5.90. The minimum atomic E-state index is -0.970. The Kier molecular flexibility index (Phi) is 4.24. The number of carboxylic acid groups (broad SMARTS) is 1. The summed E-state index contributed by atoms with van der Waals surface area (Å²) in [6.45, 7) is 2.04. The van der Waals surface area contributed by atoms with Crippen LogP contribution in [0.15, 0.2) is 24.3 Å². The molecule has 6 nitrogen and oxygen atoms in total. The zero-order valence-corrected chi connectivity index (χ0v) is 11.0. The van der Waals surface area contributed by atoms with E-state index in [4.69, 9.17) is 9.84 Å². The Morgan fingerprint density at radius 1 is 1.10 bits per heavy atom. The summed E-state index contributed by atoms with van der Waals surface area (Å²) in [6.07, 6.45) is -0.179. The van der Waals surface area contributed by atoms with Crippen molar-refractivity contribution < 1.29 is 19.4 Å². The molecule has 0 aliphatic rings. The smallest absolute Gasteiger partial charge is 0.311 e. The molecule has 0 aliphatic carbocycles. The highest BCUT2D eigenvalue weighted by atomic mass is 16.5. The number of aliphatic carboxylic acids is 1. The molecule has 0 saturated carbocycles. The number of aromatic nitrogens is 2. The lowest BCUT2D eigenvalue weighted by molar-refractivity contribution is -0.142. The van der Waals surface area contributed by atoms with Gasteiger partial charge in [-0.25, -0.2) is 0 Å². The third-order valence-electron chi connectivity index (χ3n) is 2.78. The first kappa shape index (κ1) is 13.9. The van der Waals surface area contributed by atoms with Gasteiger partial charge < -0.3 is 9.84 Å². The molecule has 0 fully saturated rings. The molecule has 104 valence electrons. The summed E-state index contributed by atoms with van der Waals surface area (Å²) in [6, 6.07) is 7.17. The largest absolute Gasteiger partial charge is 0.481 e. The number of fused-ring (bicyclic) bond motifs is 1. The van der Waals surface area contributed by atoms with Gasteiger partial charge in [0.15, 0.2) is 0 Å². The van der Waals surface area contributed by atoms with E-state index in [1.54, 1.807) is 25.1 Å². The molecular formula is C14H14N2O4. The monoisotopic (exact) mass is 274 g/mol. The summed E-state index contributed by atoms with van der Waals surface area (Å²) >= 11 is 0. The summed E-state index contributed by atoms with van der Waals surface area (Å²) in [5.74, 6) is -1.35. The van der Waals surface area contributed by atoms with E-state index in [0.717, 1.165) is 5.39 Å². The molecule has 6 heteroatoms. The molecule has 0 aliphatic heterocycles. The molecule has 0 saturated heterocycles. The van der Waals surface area contributed by atoms with Crippen LogP contribution >= 0.6 is 0 Å². The van der Waals surface area contributed by atoms with Crippen molar-refractivity contribution in [1.29, 1.82) is 0 Å². The summed E-state index contributed by atoms with van der Waals surface area (Å²) in [5.41, 5.74) is 0.883. The number of carbonyl (C=O) groups is 2. The fraction of sp³-hybridized carbons (Fsp3) is 0.286. The van der Waals surface area contributed by atoms with Crippen LogP contribution in [-0.4, -0.2) is 33.8 Å². The molecular weight excluding hydrogens is 260 g/mol. The minimum Gasteiger partial charge on any atom is -0.481 e. The highest BCUT2D eigenvalue weighted by Crippen LogP contribution is 2.20. The van der Waals surface area contributed by atoms with E-state index < -0.39 is 5.97 Å². The second kappa shape index (κ2) is 6.10. The number of benzene rings is 1. The molecule has 0 atom stereocenters. The van der Waals surface area contributed by atoms with Gasteiger partial charge in [0.05, 0.1) is 30.8 Å². The van der Waals surface area contributed by atoms with Crippen molar-refractivity contribution in [3.05, 3.63) is 35.7 Å². The van der Waals surface area contributed by atoms with Crippen molar-refractivity contribution in [2.75, 3.05) is 6.61 Å². The molecule has 1 N–H and O–H groups in total. The molecule has 0 bridgehead atoms. The molecule has 0 amide bonds. The summed E-state index contributed by atoms with van der Waals surface area (Å²) < 4.78 is 4.89. The normalized spacial score (nSPS) is 10.4. The Morgan fingerprint density at radius 3 is 2.15 bits per heavy atom. The first-order chi connectivity index (χ1) is 9.61. The van der Waals surface area contributed by atoms with Crippen molar-refractivity contribution >= 4 is 22.7 Å². The maximum atomic E-state index is 11.5. The first-order valence-corrected chi connectivity index (χ1v) is 6.22. The minimum absolute atomic E-state index is 0.0225. The topological polar surface area (TPSA) is 89.4 Å². The zero-order chi connectivity index (χ0) is 14.5. The van der Waals surface area contributed by atoms with Crippen LogP contribution in [-0.2, 0) is 27.2 Å². The van der Waals surface area contributed by atoms with E-state index in [9.17, 15) is 9.59 Å². The predicted molar refractivity (Wildman–Crippen MR) is 71.2 cm³/mol. The van der Waals surface area contributed by atoms with Crippen LogP contribution in [0.5, 0.6) is 0 Å². The van der Waals surface area contributed by atoms with E-state index >= 15 is 0 Å². The molecule has 0 radical (unpaired) electrons. The van der Waals surface area contributed by atoms with E-state index in [-0.39, 0.29) is 18.8 Å². The van der Waals surface area contributed by atoms with Crippen molar-refractivity contribution in [2.24, 2.45) is 0 Å². The van der Waals surface area contributed by atoms with E-state index in [0.29, 0.717) is 23.4 Å². The van der Waals surface area contributed by atoms with Gasteiger partial charge in [-0.2, -0.15) is 10.2 Å². The maximum absolute atomic E-state index is 11.5. The lowest BCUT2D eigenvalue weighted by atomic mass is 10.1. The third kappa shape index (κ3) is 3.09. The lowest BCUT2D eigenvalue weighted by Gasteiger charge is -2.07. The number of esters is 1. The van der Waals surface area contributed by atoms with E-state index in [1.807, 2.05) is 6.07 Å². The van der Waals surface area contributed by atoms with Crippen LogP contribution in [0.3, 0.4) is 0 Å². The molecule has 1 aromatic carbocycles. The number of hydrogen-bond acceptors (Lipinski definition) is 5. The van der Waals surface area contributed by atoms with Crippen LogP contribution in [0.2, 0.25) is 0 Å². The Bertz CT molecular complexity index is 655. The van der Waals surface area contributed by atoms with Crippen LogP contribution in [0.1, 0.15) is 18.3 Å². The van der Waals surface area contributed by atoms with E-state index in [2.05, 4.69) is 10.2 Å². The van der Waals surface area contributed by atoms with Crippen LogP contribution < -0.4 is 0 Å². The average molecular weight is 274 g/mol. The average Bonchev–Trinajstić information content (AvgIpc) is 2.41. The maximum Gasteiger partial charge on any atom is 0.311 e. The van der Waals surface area contributed by atoms with Gasteiger partial charge in [-0.1, -0.05) is 24.3 Å². The standard InChI is InChI=1S/C14H14N2O4/c1-2-20-14(19)8-12-10-6-4-3-5-9(10)11(15-16-12)7-13(17)18/h3-6H,2,7-8H2,1H3,(H,17,18). The number of nitrogens with zero attached hydrogens (tertiary/aromatic N) is 2. The summed E-state index contributed by atoms with van der Waals surface area (Å²) in [7, 11) is 0. The second-order valence-electron chi connectivity index (χ2n) is 4.19. The molecule has 1 aromatic heterocycles. The van der Waals surface area contributed by atoms with Crippen molar-refractivity contribution in [3.8, 4) is 0 Å². The van der Waals surface area contributed by atoms with Gasteiger partial charge >= 0.3 is 11.9 Å². The number of hydrogen-bond donors (Lipinski definition) is 1. The van der Waals surface area contributed by atoms with Gasteiger partial charge in [0, 0.05) is 10.8 Å². The molecule has 20 heavy (non-hydrogen) atoms.